The van der Waals surface area contributed by atoms with Crippen molar-refractivity contribution in [3.05, 3.63) is 109 Å². The molecule has 0 saturated carbocycles. The van der Waals surface area contributed by atoms with E-state index in [1.165, 1.54) is 0 Å². The summed E-state index contributed by atoms with van der Waals surface area (Å²) in [6.45, 7) is 0. The van der Waals surface area contributed by atoms with E-state index in [0.717, 1.165) is 11.1 Å². The first kappa shape index (κ1) is 13.8. The van der Waals surface area contributed by atoms with Crippen molar-refractivity contribution in [2.45, 2.75) is 0 Å². The molecule has 0 bridgehead atoms. The standard InChI is InChI=1S/C20H17/c1-3-7-11-15-19(16-12-8-4-1)20-17-13-9-5-2-6-10-14-18-20/h1-17H. The minimum atomic E-state index is 1.06. The van der Waals surface area contributed by atoms with Gasteiger partial charge < -0.3 is 0 Å². The molecule has 97 valence electrons. The van der Waals surface area contributed by atoms with Crippen LogP contribution in [0, 0.1) is 6.07 Å². The Balaban J connectivity index is 2.56. The van der Waals surface area contributed by atoms with E-state index in [1.54, 1.807) is 0 Å². The van der Waals surface area contributed by atoms with Crippen LogP contribution in [0.3, 0.4) is 0 Å². The van der Waals surface area contributed by atoms with Gasteiger partial charge in [0.1, 0.15) is 0 Å². The Morgan fingerprint density at radius 2 is 0.900 bits per heavy atom. The molecule has 0 spiro atoms. The van der Waals surface area contributed by atoms with Gasteiger partial charge in [-0.25, -0.2) is 0 Å². The molecule has 0 N–H and O–H groups in total. The number of hydrogen-bond donors (Lipinski definition) is 0. The molecule has 0 unspecified atom stereocenters. The van der Waals surface area contributed by atoms with Crippen molar-refractivity contribution < 1.29 is 0 Å². The minimum absolute atomic E-state index is 1.06. The second-order valence-electron chi connectivity index (χ2n) is 4.18. The molecule has 0 atom stereocenters. The lowest BCUT2D eigenvalue weighted by Crippen LogP contribution is -1.71. The van der Waals surface area contributed by atoms with E-state index in [-0.39, 0.29) is 0 Å². The van der Waals surface area contributed by atoms with E-state index < -0.39 is 0 Å². The van der Waals surface area contributed by atoms with E-state index in [1.807, 2.05) is 84.9 Å². The SMILES string of the molecule is [c]1ccccccccc1-c1ccccccccc1. The molecule has 0 aliphatic carbocycles. The van der Waals surface area contributed by atoms with Crippen LogP contribution in [0.15, 0.2) is 103 Å². The Morgan fingerprint density at radius 1 is 0.450 bits per heavy atom. The van der Waals surface area contributed by atoms with Gasteiger partial charge in [-0.3, -0.25) is 0 Å². The van der Waals surface area contributed by atoms with E-state index in [4.69, 9.17) is 0 Å². The van der Waals surface area contributed by atoms with E-state index >= 15 is 0 Å². The summed E-state index contributed by atoms with van der Waals surface area (Å²) in [5, 5.41) is 0. The Bertz CT molecular complexity index is 533. The first-order chi connectivity index (χ1) is 9.97. The van der Waals surface area contributed by atoms with Crippen LogP contribution < -0.4 is 0 Å². The largest absolute Gasteiger partial charge is 0.0623 e. The quantitative estimate of drug-likeness (QED) is 0.641. The van der Waals surface area contributed by atoms with E-state index in [0.29, 0.717) is 0 Å². The second-order valence-corrected chi connectivity index (χ2v) is 4.18. The van der Waals surface area contributed by atoms with Crippen LogP contribution in [-0.4, -0.2) is 0 Å². The molecular formula is C20H17. The second kappa shape index (κ2) is 8.49. The van der Waals surface area contributed by atoms with Crippen LogP contribution >= 0.6 is 0 Å². The average Bonchev–Trinajstić information content (AvgIpc) is 2.50. The number of hydrogen-bond acceptors (Lipinski definition) is 0. The van der Waals surface area contributed by atoms with E-state index in [9.17, 15) is 0 Å². The van der Waals surface area contributed by atoms with Crippen LogP contribution in [0.5, 0.6) is 0 Å². The molecule has 0 amide bonds. The maximum Gasteiger partial charge on any atom is -0.00992 e. The first-order valence-electron chi connectivity index (χ1n) is 6.65. The summed E-state index contributed by atoms with van der Waals surface area (Å²) in [5.74, 6) is 0. The fourth-order valence-corrected chi connectivity index (χ4v) is 1.70. The van der Waals surface area contributed by atoms with Gasteiger partial charge in [0.25, 0.3) is 0 Å². The Labute approximate surface area is 121 Å². The number of rotatable bonds is 1. The average molecular weight is 257 g/mol. The van der Waals surface area contributed by atoms with Gasteiger partial charge in [-0.15, -0.1) is 0 Å². The molecule has 0 nitrogen and oxygen atoms in total. The normalized spacial score (nSPS) is 9.00. The molecule has 2 aromatic carbocycles. The molecule has 0 heterocycles. The predicted octanol–water partition coefficient (Wildman–Crippen LogP) is 5.40. The highest BCUT2D eigenvalue weighted by molar-refractivity contribution is 5.60. The van der Waals surface area contributed by atoms with Crippen molar-refractivity contribution in [1.29, 1.82) is 0 Å². The van der Waals surface area contributed by atoms with Crippen molar-refractivity contribution in [3.63, 3.8) is 0 Å². The lowest BCUT2D eigenvalue weighted by molar-refractivity contribution is 1.64. The molecular weight excluding hydrogens is 240 g/mol. The highest BCUT2D eigenvalue weighted by atomic mass is 13.9. The van der Waals surface area contributed by atoms with Crippen LogP contribution in [0.4, 0.5) is 0 Å². The monoisotopic (exact) mass is 257 g/mol. The van der Waals surface area contributed by atoms with Gasteiger partial charge in [0, 0.05) is 0 Å². The fraction of sp³-hybridized carbons (Fsp3) is 0. The lowest BCUT2D eigenvalue weighted by atomic mass is 10.1. The van der Waals surface area contributed by atoms with Crippen molar-refractivity contribution in [2.24, 2.45) is 0 Å². The van der Waals surface area contributed by atoms with Gasteiger partial charge in [-0.05, 0) is 17.2 Å². The third-order valence-electron chi connectivity index (χ3n) is 2.68. The smallest absolute Gasteiger partial charge is 0.00992 e. The summed E-state index contributed by atoms with van der Waals surface area (Å²) >= 11 is 0. The van der Waals surface area contributed by atoms with Crippen molar-refractivity contribution >= 4 is 0 Å². The van der Waals surface area contributed by atoms with Crippen molar-refractivity contribution in [3.8, 4) is 11.1 Å². The lowest BCUT2D eigenvalue weighted by Gasteiger charge is -1.95. The molecule has 2 rings (SSSR count). The molecule has 1 radical (unpaired) electrons. The third kappa shape index (κ3) is 4.95. The molecule has 0 aromatic heterocycles. The zero-order chi connectivity index (χ0) is 13.9. The van der Waals surface area contributed by atoms with Crippen molar-refractivity contribution in [2.75, 3.05) is 0 Å². The molecule has 0 aliphatic heterocycles. The Morgan fingerprint density at radius 3 is 1.50 bits per heavy atom. The zero-order valence-electron chi connectivity index (χ0n) is 11.3. The first-order valence-corrected chi connectivity index (χ1v) is 6.65. The van der Waals surface area contributed by atoms with Gasteiger partial charge >= 0.3 is 0 Å². The maximum atomic E-state index is 3.31. The molecule has 0 saturated heterocycles. The molecule has 20 heavy (non-hydrogen) atoms. The molecule has 2 aromatic rings. The Hall–Kier alpha value is -2.60. The highest BCUT2D eigenvalue weighted by Crippen LogP contribution is 2.14. The topological polar surface area (TPSA) is 0 Å². The van der Waals surface area contributed by atoms with Gasteiger partial charge in [-0.2, -0.15) is 0 Å². The minimum Gasteiger partial charge on any atom is -0.0623 e. The summed E-state index contributed by atoms with van der Waals surface area (Å²) in [4.78, 5) is 0. The Kier molecular flexibility index (Phi) is 5.87. The zero-order valence-corrected chi connectivity index (χ0v) is 11.3. The summed E-state index contributed by atoms with van der Waals surface area (Å²) in [6, 6.07) is 37.7. The molecule has 0 aliphatic rings. The molecule has 0 heteroatoms. The highest BCUT2D eigenvalue weighted by Gasteiger charge is 1.90. The van der Waals surface area contributed by atoms with Gasteiger partial charge in [0.05, 0.1) is 0 Å². The van der Waals surface area contributed by atoms with Crippen LogP contribution in [-0.2, 0) is 0 Å². The van der Waals surface area contributed by atoms with E-state index in [2.05, 4.69) is 24.3 Å². The van der Waals surface area contributed by atoms with Crippen molar-refractivity contribution in [1.82, 2.24) is 0 Å². The van der Waals surface area contributed by atoms with Crippen LogP contribution in [0.1, 0.15) is 0 Å². The summed E-state index contributed by atoms with van der Waals surface area (Å²) in [5.41, 5.74) is 2.18. The maximum absolute atomic E-state index is 3.31. The summed E-state index contributed by atoms with van der Waals surface area (Å²) in [7, 11) is 0. The van der Waals surface area contributed by atoms with Crippen LogP contribution in [0.2, 0.25) is 0 Å². The summed E-state index contributed by atoms with van der Waals surface area (Å²) < 4.78 is 0. The summed E-state index contributed by atoms with van der Waals surface area (Å²) in [6.07, 6.45) is 0. The van der Waals surface area contributed by atoms with Gasteiger partial charge in [0.15, 0.2) is 0 Å². The molecule has 0 fully saturated rings. The van der Waals surface area contributed by atoms with Gasteiger partial charge in [0.2, 0.25) is 0 Å². The third-order valence-corrected chi connectivity index (χ3v) is 2.68. The predicted molar refractivity (Wildman–Crippen MR) is 86.0 cm³/mol. The van der Waals surface area contributed by atoms with Gasteiger partial charge in [-0.1, -0.05) is 103 Å². The van der Waals surface area contributed by atoms with Crippen LogP contribution in [0.25, 0.3) is 11.1 Å². The fourth-order valence-electron chi connectivity index (χ4n) is 1.70.